The van der Waals surface area contributed by atoms with E-state index in [9.17, 15) is 4.79 Å². The van der Waals surface area contributed by atoms with Gasteiger partial charge in [0.15, 0.2) is 0 Å². The molecule has 3 rings (SSSR count). The molecule has 0 aliphatic rings. The second-order valence-electron chi connectivity index (χ2n) is 6.20. The molecule has 0 radical (unpaired) electrons. The van der Waals surface area contributed by atoms with Gasteiger partial charge in [0.05, 0.1) is 13.2 Å². The number of hydrogen-bond donors (Lipinski definition) is 1. The lowest BCUT2D eigenvalue weighted by atomic mass is 10.0. The van der Waals surface area contributed by atoms with Crippen molar-refractivity contribution < 1.29 is 9.53 Å². The second kappa shape index (κ2) is 7.84. The van der Waals surface area contributed by atoms with E-state index in [2.05, 4.69) is 35.6 Å². The summed E-state index contributed by atoms with van der Waals surface area (Å²) in [5.74, 6) is 0.884. The molecule has 1 atom stereocenters. The maximum atomic E-state index is 12.3. The molecule has 1 amide bonds. The van der Waals surface area contributed by atoms with E-state index in [0.29, 0.717) is 6.42 Å². The van der Waals surface area contributed by atoms with Gasteiger partial charge in [0, 0.05) is 6.42 Å². The van der Waals surface area contributed by atoms with Gasteiger partial charge in [0.2, 0.25) is 5.91 Å². The van der Waals surface area contributed by atoms with Crippen molar-refractivity contribution in [1.82, 2.24) is 5.32 Å². The first-order chi connectivity index (χ1) is 12.2. The number of carbonyl (C=O) groups is 1. The summed E-state index contributed by atoms with van der Waals surface area (Å²) in [5.41, 5.74) is 2.28. The monoisotopic (exact) mass is 333 g/mol. The van der Waals surface area contributed by atoms with Crippen molar-refractivity contribution in [2.45, 2.75) is 25.8 Å². The highest BCUT2D eigenvalue weighted by Crippen LogP contribution is 2.20. The summed E-state index contributed by atoms with van der Waals surface area (Å²) in [6, 6.07) is 22.3. The molecule has 3 aromatic rings. The minimum absolute atomic E-state index is 0.0223. The Morgan fingerprint density at radius 3 is 2.48 bits per heavy atom. The molecule has 0 heterocycles. The fraction of sp³-hybridized carbons (Fsp3) is 0.227. The van der Waals surface area contributed by atoms with Crippen LogP contribution in [0.15, 0.2) is 66.7 Å². The summed E-state index contributed by atoms with van der Waals surface area (Å²) in [6.45, 7) is 2.00. The molecule has 0 aromatic heterocycles. The number of hydrogen-bond acceptors (Lipinski definition) is 2. The summed E-state index contributed by atoms with van der Waals surface area (Å²) < 4.78 is 5.17. The van der Waals surface area contributed by atoms with Crippen LogP contribution in [0, 0.1) is 0 Å². The minimum atomic E-state index is -0.0223. The molecular weight excluding hydrogens is 310 g/mol. The zero-order chi connectivity index (χ0) is 17.6. The smallest absolute Gasteiger partial charge is 0.220 e. The van der Waals surface area contributed by atoms with E-state index < -0.39 is 0 Å². The second-order valence-corrected chi connectivity index (χ2v) is 6.20. The Labute approximate surface area is 148 Å². The molecule has 0 aliphatic heterocycles. The fourth-order valence-electron chi connectivity index (χ4n) is 3.05. The number of rotatable bonds is 6. The van der Waals surface area contributed by atoms with Gasteiger partial charge in [-0.2, -0.15) is 0 Å². The molecule has 0 saturated heterocycles. The van der Waals surface area contributed by atoms with Crippen molar-refractivity contribution in [3.8, 4) is 5.75 Å². The van der Waals surface area contributed by atoms with Gasteiger partial charge in [0.25, 0.3) is 0 Å². The van der Waals surface area contributed by atoms with Crippen molar-refractivity contribution in [2.75, 3.05) is 7.11 Å². The van der Waals surface area contributed by atoms with Gasteiger partial charge in [0.1, 0.15) is 5.75 Å². The molecule has 128 valence electrons. The van der Waals surface area contributed by atoms with Crippen LogP contribution in [-0.2, 0) is 11.2 Å². The van der Waals surface area contributed by atoms with E-state index in [0.717, 1.165) is 17.7 Å². The first-order valence-corrected chi connectivity index (χ1v) is 8.57. The quantitative estimate of drug-likeness (QED) is 0.712. The topological polar surface area (TPSA) is 38.3 Å². The highest BCUT2D eigenvalue weighted by molar-refractivity contribution is 5.86. The van der Waals surface area contributed by atoms with Crippen LogP contribution in [0.2, 0.25) is 0 Å². The van der Waals surface area contributed by atoms with Crippen molar-refractivity contribution in [2.24, 2.45) is 0 Å². The Morgan fingerprint density at radius 1 is 1.00 bits per heavy atom. The Hall–Kier alpha value is -2.81. The van der Waals surface area contributed by atoms with E-state index in [1.807, 2.05) is 43.3 Å². The maximum absolute atomic E-state index is 12.3. The summed E-state index contributed by atoms with van der Waals surface area (Å²) in [6.07, 6.45) is 1.22. The zero-order valence-corrected chi connectivity index (χ0v) is 14.7. The number of benzene rings is 3. The summed E-state index contributed by atoms with van der Waals surface area (Å²) in [7, 11) is 1.65. The zero-order valence-electron chi connectivity index (χ0n) is 14.7. The van der Waals surface area contributed by atoms with E-state index in [4.69, 9.17) is 4.74 Å². The normalized spacial score (nSPS) is 11.9. The van der Waals surface area contributed by atoms with Crippen molar-refractivity contribution >= 4 is 16.7 Å². The Bertz CT molecular complexity index is 850. The molecule has 1 unspecified atom stereocenters. The number of methoxy groups -OCH3 is 1. The average molecular weight is 333 g/mol. The number of carbonyl (C=O) groups excluding carboxylic acids is 1. The van der Waals surface area contributed by atoms with E-state index in [1.54, 1.807) is 7.11 Å². The van der Waals surface area contributed by atoms with Crippen LogP contribution in [-0.4, -0.2) is 13.0 Å². The van der Waals surface area contributed by atoms with E-state index in [-0.39, 0.29) is 11.9 Å². The standard InChI is InChI=1S/C22H23NO2/c1-16(17-10-13-20(25-2)14-11-17)23-22(24)15-12-19-8-5-7-18-6-3-4-9-21(18)19/h3-11,13-14,16H,12,15H2,1-2H3,(H,23,24). The van der Waals surface area contributed by atoms with Crippen LogP contribution in [0.3, 0.4) is 0 Å². The number of nitrogens with one attached hydrogen (secondary N) is 1. The highest BCUT2D eigenvalue weighted by Gasteiger charge is 2.10. The lowest BCUT2D eigenvalue weighted by Gasteiger charge is -2.15. The van der Waals surface area contributed by atoms with Crippen LogP contribution >= 0.6 is 0 Å². The molecule has 3 aromatic carbocycles. The number of amides is 1. The maximum Gasteiger partial charge on any atom is 0.220 e. The molecule has 1 N–H and O–H groups in total. The first kappa shape index (κ1) is 17.0. The van der Waals surface area contributed by atoms with Crippen LogP contribution in [0.1, 0.15) is 30.5 Å². The summed E-state index contributed by atoms with van der Waals surface area (Å²) >= 11 is 0. The van der Waals surface area contributed by atoms with E-state index >= 15 is 0 Å². The highest BCUT2D eigenvalue weighted by atomic mass is 16.5. The molecular formula is C22H23NO2. The molecule has 0 spiro atoms. The molecule has 0 bridgehead atoms. The van der Waals surface area contributed by atoms with Crippen molar-refractivity contribution in [3.63, 3.8) is 0 Å². The molecule has 0 saturated carbocycles. The minimum Gasteiger partial charge on any atom is -0.497 e. The van der Waals surface area contributed by atoms with Crippen molar-refractivity contribution in [3.05, 3.63) is 77.9 Å². The van der Waals surface area contributed by atoms with Gasteiger partial charge in [-0.05, 0) is 47.4 Å². The van der Waals surface area contributed by atoms with Gasteiger partial charge in [-0.1, -0.05) is 54.6 Å². The fourth-order valence-corrected chi connectivity index (χ4v) is 3.05. The first-order valence-electron chi connectivity index (χ1n) is 8.57. The van der Waals surface area contributed by atoms with Gasteiger partial charge < -0.3 is 10.1 Å². The molecule has 0 fully saturated rings. The van der Waals surface area contributed by atoms with Crippen LogP contribution in [0.5, 0.6) is 5.75 Å². The predicted octanol–water partition coefficient (Wildman–Crippen LogP) is 4.66. The van der Waals surface area contributed by atoms with Gasteiger partial charge in [-0.15, -0.1) is 0 Å². The SMILES string of the molecule is COc1ccc(C(C)NC(=O)CCc2cccc3ccccc23)cc1. The molecule has 0 aliphatic carbocycles. The average Bonchev–Trinajstić information content (AvgIpc) is 2.66. The molecule has 3 heteroatoms. The third kappa shape index (κ3) is 4.18. The van der Waals surface area contributed by atoms with Gasteiger partial charge in [-0.3, -0.25) is 4.79 Å². The lowest BCUT2D eigenvalue weighted by Crippen LogP contribution is -2.26. The predicted molar refractivity (Wildman–Crippen MR) is 102 cm³/mol. The van der Waals surface area contributed by atoms with Crippen molar-refractivity contribution in [1.29, 1.82) is 0 Å². The third-order valence-corrected chi connectivity index (χ3v) is 4.49. The summed E-state index contributed by atoms with van der Waals surface area (Å²) in [4.78, 5) is 12.3. The molecule has 3 nitrogen and oxygen atoms in total. The summed E-state index contributed by atoms with van der Waals surface area (Å²) in [5, 5.41) is 5.51. The molecule has 25 heavy (non-hydrogen) atoms. The van der Waals surface area contributed by atoms with Crippen LogP contribution in [0.4, 0.5) is 0 Å². The Kier molecular flexibility index (Phi) is 5.34. The Morgan fingerprint density at radius 2 is 1.72 bits per heavy atom. The van der Waals surface area contributed by atoms with Gasteiger partial charge in [-0.25, -0.2) is 0 Å². The number of fused-ring (bicyclic) bond motifs is 1. The number of ether oxygens (including phenoxy) is 1. The lowest BCUT2D eigenvalue weighted by molar-refractivity contribution is -0.121. The van der Waals surface area contributed by atoms with Crippen LogP contribution < -0.4 is 10.1 Å². The largest absolute Gasteiger partial charge is 0.497 e. The van der Waals surface area contributed by atoms with Gasteiger partial charge >= 0.3 is 0 Å². The van der Waals surface area contributed by atoms with Crippen LogP contribution in [0.25, 0.3) is 10.8 Å². The third-order valence-electron chi connectivity index (χ3n) is 4.49. The van der Waals surface area contributed by atoms with E-state index in [1.165, 1.54) is 16.3 Å². The number of aryl methyl sites for hydroxylation is 1. The Balaban J connectivity index is 1.60.